The van der Waals surface area contributed by atoms with Crippen molar-refractivity contribution in [2.45, 2.75) is 63.9 Å². The lowest BCUT2D eigenvalue weighted by atomic mass is 9.67. The average molecular weight is 297 g/mol. The van der Waals surface area contributed by atoms with Crippen LogP contribution in [0.5, 0.6) is 0 Å². The Kier molecular flexibility index (Phi) is 5.25. The molecule has 0 aromatic carbocycles. The van der Waals surface area contributed by atoms with Crippen molar-refractivity contribution in [2.75, 3.05) is 6.54 Å². The Morgan fingerprint density at radius 1 is 1.14 bits per heavy atom. The molecule has 5 heteroatoms. The minimum absolute atomic E-state index is 0.00271. The number of amides is 1. The fraction of sp³-hybridized carbons (Fsp3) is 0.875. The van der Waals surface area contributed by atoms with Crippen molar-refractivity contribution in [3.63, 3.8) is 0 Å². The third kappa shape index (κ3) is 4.70. The van der Waals surface area contributed by atoms with Crippen LogP contribution in [0.25, 0.3) is 0 Å². The zero-order chi connectivity index (χ0) is 15.5. The topological polar surface area (TPSA) is 86.6 Å². The van der Waals surface area contributed by atoms with E-state index < -0.39 is 11.6 Å². The van der Waals surface area contributed by atoms with Crippen LogP contribution in [-0.4, -0.2) is 34.2 Å². The second kappa shape index (κ2) is 6.77. The summed E-state index contributed by atoms with van der Waals surface area (Å²) >= 11 is 0. The Labute approximate surface area is 126 Å². The Hall–Kier alpha value is -1.10. The maximum absolute atomic E-state index is 12.2. The van der Waals surface area contributed by atoms with E-state index in [4.69, 9.17) is 5.11 Å². The van der Waals surface area contributed by atoms with Gasteiger partial charge >= 0.3 is 5.97 Å². The number of carboxylic acid groups (broad SMARTS) is 1. The molecule has 3 N–H and O–H groups in total. The minimum Gasteiger partial charge on any atom is -0.481 e. The predicted octanol–water partition coefficient (Wildman–Crippen LogP) is 1.93. The van der Waals surface area contributed by atoms with Gasteiger partial charge in [0.05, 0.1) is 12.0 Å². The molecule has 2 rings (SSSR count). The molecule has 5 nitrogen and oxygen atoms in total. The van der Waals surface area contributed by atoms with Crippen molar-refractivity contribution in [1.82, 2.24) is 5.32 Å². The third-order valence-electron chi connectivity index (χ3n) is 5.09. The molecule has 0 spiro atoms. The quantitative estimate of drug-likeness (QED) is 0.723. The number of hydrogen-bond acceptors (Lipinski definition) is 3. The van der Waals surface area contributed by atoms with E-state index in [0.717, 1.165) is 25.2 Å². The number of hydrogen-bond donors (Lipinski definition) is 3. The van der Waals surface area contributed by atoms with Crippen molar-refractivity contribution < 1.29 is 19.8 Å². The van der Waals surface area contributed by atoms with Gasteiger partial charge in [0, 0.05) is 12.5 Å². The molecule has 0 aromatic heterocycles. The van der Waals surface area contributed by atoms with Crippen LogP contribution in [0.2, 0.25) is 0 Å². The number of nitrogens with one attached hydrogen (secondary N) is 1. The van der Waals surface area contributed by atoms with E-state index in [1.54, 1.807) is 0 Å². The number of aliphatic carboxylic acids is 1. The van der Waals surface area contributed by atoms with Gasteiger partial charge in [-0.05, 0) is 38.0 Å². The summed E-state index contributed by atoms with van der Waals surface area (Å²) < 4.78 is 0. The maximum atomic E-state index is 12.2. The molecule has 2 fully saturated rings. The summed E-state index contributed by atoms with van der Waals surface area (Å²) in [6.45, 7) is 1.45. The summed E-state index contributed by atoms with van der Waals surface area (Å²) in [5.41, 5.74) is -1.39. The van der Waals surface area contributed by atoms with Gasteiger partial charge < -0.3 is 15.5 Å². The molecule has 0 heterocycles. The van der Waals surface area contributed by atoms with Crippen LogP contribution < -0.4 is 5.32 Å². The van der Waals surface area contributed by atoms with Gasteiger partial charge in [0.1, 0.15) is 0 Å². The molecule has 0 radical (unpaired) electrons. The van der Waals surface area contributed by atoms with Crippen molar-refractivity contribution in [2.24, 2.45) is 17.8 Å². The molecular formula is C16H27NO4. The highest BCUT2D eigenvalue weighted by atomic mass is 16.4. The number of fused-ring (bicyclic) bond motifs is 1. The second-order valence-corrected chi connectivity index (χ2v) is 7.10. The largest absolute Gasteiger partial charge is 0.481 e. The Morgan fingerprint density at radius 3 is 2.48 bits per heavy atom. The van der Waals surface area contributed by atoms with E-state index in [-0.39, 0.29) is 24.8 Å². The smallest absolute Gasteiger partial charge is 0.306 e. The van der Waals surface area contributed by atoms with Gasteiger partial charge in [-0.15, -0.1) is 0 Å². The van der Waals surface area contributed by atoms with Gasteiger partial charge in [-0.1, -0.05) is 25.7 Å². The number of rotatable bonds is 5. The molecule has 1 amide bonds. The highest BCUT2D eigenvalue weighted by Gasteiger charge is 2.35. The van der Waals surface area contributed by atoms with E-state index in [9.17, 15) is 14.7 Å². The van der Waals surface area contributed by atoms with Gasteiger partial charge in [-0.25, -0.2) is 0 Å². The van der Waals surface area contributed by atoms with Crippen molar-refractivity contribution in [3.05, 3.63) is 0 Å². The Bertz CT molecular complexity index is 394. The molecule has 2 saturated carbocycles. The van der Waals surface area contributed by atoms with Crippen LogP contribution in [0.1, 0.15) is 58.3 Å². The zero-order valence-corrected chi connectivity index (χ0v) is 12.8. The second-order valence-electron chi connectivity index (χ2n) is 7.10. The standard InChI is InChI=1S/C16H27NO4/c1-16(21,9-14(18)19)10-17-15(20)13-7-6-11-4-2-3-5-12(11)8-13/h11-13,21H,2-10H2,1H3,(H,17,20)(H,18,19). The van der Waals surface area contributed by atoms with Crippen LogP contribution in [0.4, 0.5) is 0 Å². The maximum Gasteiger partial charge on any atom is 0.306 e. The first kappa shape index (κ1) is 16.3. The van der Waals surface area contributed by atoms with Crippen LogP contribution >= 0.6 is 0 Å². The summed E-state index contributed by atoms with van der Waals surface area (Å²) in [7, 11) is 0. The summed E-state index contributed by atoms with van der Waals surface area (Å²) in [6.07, 6.45) is 7.82. The molecule has 0 aliphatic heterocycles. The first-order valence-corrected chi connectivity index (χ1v) is 8.09. The van der Waals surface area contributed by atoms with Gasteiger partial charge in [0.15, 0.2) is 0 Å². The molecule has 2 aliphatic carbocycles. The van der Waals surface area contributed by atoms with Gasteiger partial charge in [-0.2, -0.15) is 0 Å². The number of carbonyl (C=O) groups is 2. The molecule has 0 bridgehead atoms. The number of carbonyl (C=O) groups excluding carboxylic acids is 1. The third-order valence-corrected chi connectivity index (χ3v) is 5.09. The van der Waals surface area contributed by atoms with E-state index >= 15 is 0 Å². The van der Waals surface area contributed by atoms with E-state index in [1.807, 2.05) is 0 Å². The average Bonchev–Trinajstić information content (AvgIpc) is 2.43. The molecule has 21 heavy (non-hydrogen) atoms. The predicted molar refractivity (Wildman–Crippen MR) is 78.7 cm³/mol. The highest BCUT2D eigenvalue weighted by molar-refractivity contribution is 5.79. The molecule has 120 valence electrons. The van der Waals surface area contributed by atoms with Gasteiger partial charge in [0.25, 0.3) is 0 Å². The highest BCUT2D eigenvalue weighted by Crippen LogP contribution is 2.42. The van der Waals surface area contributed by atoms with Crippen molar-refractivity contribution in [3.8, 4) is 0 Å². The molecule has 4 atom stereocenters. The molecule has 0 aromatic rings. The lowest BCUT2D eigenvalue weighted by Crippen LogP contribution is -2.45. The van der Waals surface area contributed by atoms with Crippen molar-refractivity contribution in [1.29, 1.82) is 0 Å². The lowest BCUT2D eigenvalue weighted by molar-refractivity contribution is -0.142. The van der Waals surface area contributed by atoms with Crippen molar-refractivity contribution >= 4 is 11.9 Å². The summed E-state index contributed by atoms with van der Waals surface area (Å²) in [4.78, 5) is 22.9. The molecule has 2 aliphatic rings. The van der Waals surface area contributed by atoms with E-state index in [2.05, 4.69) is 5.32 Å². The first-order chi connectivity index (χ1) is 9.87. The Balaban J connectivity index is 1.79. The summed E-state index contributed by atoms with van der Waals surface area (Å²) in [6, 6.07) is 0. The van der Waals surface area contributed by atoms with Crippen LogP contribution in [0.3, 0.4) is 0 Å². The molecule has 0 saturated heterocycles. The van der Waals surface area contributed by atoms with Gasteiger partial charge in [0.2, 0.25) is 5.91 Å². The van der Waals surface area contributed by atoms with E-state index in [0.29, 0.717) is 5.92 Å². The molecular weight excluding hydrogens is 270 g/mol. The number of carboxylic acids is 1. The van der Waals surface area contributed by atoms with Crippen LogP contribution in [0.15, 0.2) is 0 Å². The lowest BCUT2D eigenvalue weighted by Gasteiger charge is -2.39. The Morgan fingerprint density at radius 2 is 1.81 bits per heavy atom. The van der Waals surface area contributed by atoms with E-state index in [1.165, 1.54) is 32.6 Å². The number of aliphatic hydroxyl groups is 1. The van der Waals surface area contributed by atoms with Crippen LogP contribution in [-0.2, 0) is 9.59 Å². The SMILES string of the molecule is CC(O)(CNC(=O)C1CCC2CCCCC2C1)CC(=O)O. The van der Waals surface area contributed by atoms with Gasteiger partial charge in [-0.3, -0.25) is 9.59 Å². The fourth-order valence-electron chi connectivity index (χ4n) is 3.92. The first-order valence-electron chi connectivity index (χ1n) is 8.09. The molecule has 4 unspecified atom stereocenters. The summed E-state index contributed by atoms with van der Waals surface area (Å²) in [5.74, 6) is 0.437. The zero-order valence-electron chi connectivity index (χ0n) is 12.8. The minimum atomic E-state index is -1.39. The summed E-state index contributed by atoms with van der Waals surface area (Å²) in [5, 5.41) is 21.4. The normalized spacial score (nSPS) is 31.8. The monoisotopic (exact) mass is 297 g/mol. The fourth-order valence-corrected chi connectivity index (χ4v) is 3.92. The van der Waals surface area contributed by atoms with Crippen LogP contribution in [0, 0.1) is 17.8 Å².